The number of aromatic nitrogens is 6. The van der Waals surface area contributed by atoms with Gasteiger partial charge < -0.3 is 25.7 Å². The number of ether oxygens (including phenoxy) is 1. The minimum Gasteiger partial charge on any atom is -0.387 e. The van der Waals surface area contributed by atoms with E-state index in [1.807, 2.05) is 6.07 Å². The molecule has 1 saturated carbocycles. The van der Waals surface area contributed by atoms with Crippen molar-refractivity contribution in [1.29, 1.82) is 0 Å². The van der Waals surface area contributed by atoms with Gasteiger partial charge in [-0.3, -0.25) is 9.47 Å². The fraction of sp³-hybridized carbons (Fsp3) is 0.586. The van der Waals surface area contributed by atoms with E-state index in [-0.39, 0.29) is 35.4 Å². The molecule has 0 amide bonds. The summed E-state index contributed by atoms with van der Waals surface area (Å²) < 4.78 is 48.2. The number of hydrogen-bond donors (Lipinski definition) is 4. The predicted molar refractivity (Wildman–Crippen MR) is 153 cm³/mol. The van der Waals surface area contributed by atoms with E-state index in [1.54, 1.807) is 0 Å². The molecule has 2 aliphatic rings. The lowest BCUT2D eigenvalue weighted by atomic mass is 9.76. The molecule has 14 heteroatoms. The number of fused-ring (bicyclic) bond motifs is 2. The van der Waals surface area contributed by atoms with Gasteiger partial charge in [0.25, 0.3) is 0 Å². The number of aryl methyl sites for hydroxylation is 1. The van der Waals surface area contributed by atoms with Crippen molar-refractivity contribution in [3.05, 3.63) is 42.2 Å². The lowest BCUT2D eigenvalue weighted by Gasteiger charge is -2.44. The molecule has 11 nitrogen and oxygen atoms in total. The third-order valence-corrected chi connectivity index (χ3v) is 8.71. The number of aliphatic hydroxyl groups is 2. The minimum absolute atomic E-state index is 0.0203. The van der Waals surface area contributed by atoms with E-state index in [2.05, 4.69) is 52.8 Å². The van der Waals surface area contributed by atoms with E-state index in [9.17, 15) is 23.4 Å². The van der Waals surface area contributed by atoms with Gasteiger partial charge in [0, 0.05) is 19.0 Å². The van der Waals surface area contributed by atoms with Gasteiger partial charge in [-0.25, -0.2) is 19.9 Å². The van der Waals surface area contributed by atoms with Crippen LogP contribution in [0.25, 0.3) is 22.2 Å². The van der Waals surface area contributed by atoms with E-state index >= 15 is 0 Å². The monoisotopic (exact) mass is 602 g/mol. The second kappa shape index (κ2) is 11.0. The maximum atomic E-state index is 13.6. The van der Waals surface area contributed by atoms with Crippen LogP contribution in [0, 0.1) is 5.92 Å². The zero-order valence-corrected chi connectivity index (χ0v) is 24.3. The number of hydrogen-bond acceptors (Lipinski definition) is 9. The fourth-order valence-corrected chi connectivity index (χ4v) is 6.19. The van der Waals surface area contributed by atoms with Gasteiger partial charge in [-0.15, -0.1) is 0 Å². The van der Waals surface area contributed by atoms with Gasteiger partial charge in [0.2, 0.25) is 0 Å². The molecular formula is C29H37F3N8O3. The Balaban J connectivity index is 1.08. The Hall–Kier alpha value is -3.33. The summed E-state index contributed by atoms with van der Waals surface area (Å²) in [5.74, 6) is 1.27. The molecule has 0 spiro atoms. The summed E-state index contributed by atoms with van der Waals surface area (Å²) in [6.45, 7) is 5.16. The van der Waals surface area contributed by atoms with Gasteiger partial charge in [-0.2, -0.15) is 13.2 Å². The zero-order chi connectivity index (χ0) is 30.7. The van der Waals surface area contributed by atoms with Gasteiger partial charge in [0.15, 0.2) is 17.7 Å². The van der Waals surface area contributed by atoms with Gasteiger partial charge >= 0.3 is 6.18 Å². The smallest absolute Gasteiger partial charge is 0.387 e. The second-order valence-corrected chi connectivity index (χ2v) is 12.9. The summed E-state index contributed by atoms with van der Waals surface area (Å²) in [6, 6.07) is 5.93. The number of nitrogen functional groups attached to an aromatic ring is 1. The Labute approximate surface area is 246 Å². The first-order valence-corrected chi connectivity index (χ1v) is 14.5. The van der Waals surface area contributed by atoms with Crippen molar-refractivity contribution in [2.45, 2.75) is 88.6 Å². The van der Waals surface area contributed by atoms with Gasteiger partial charge in [0.1, 0.15) is 36.0 Å². The van der Waals surface area contributed by atoms with Crippen molar-refractivity contribution in [3.63, 3.8) is 0 Å². The molecule has 232 valence electrons. The molecule has 1 aliphatic carbocycles. The second-order valence-electron chi connectivity index (χ2n) is 12.9. The summed E-state index contributed by atoms with van der Waals surface area (Å²) in [5, 5.41) is 21.5. The number of H-pyrrole nitrogens is 1. The Morgan fingerprint density at radius 2 is 1.88 bits per heavy atom. The lowest BCUT2D eigenvalue weighted by Crippen LogP contribution is -2.52. The topological polar surface area (TPSA) is 151 Å². The van der Waals surface area contributed by atoms with Crippen LogP contribution in [0.15, 0.2) is 30.9 Å². The highest BCUT2D eigenvalue weighted by atomic mass is 19.4. The normalized spacial score (nSPS) is 26.5. The van der Waals surface area contributed by atoms with Crippen LogP contribution in [0.5, 0.6) is 0 Å². The van der Waals surface area contributed by atoms with E-state index in [0.29, 0.717) is 24.8 Å². The molecule has 1 aliphatic heterocycles. The molecule has 4 heterocycles. The highest BCUT2D eigenvalue weighted by molar-refractivity contribution is 5.81. The highest BCUT2D eigenvalue weighted by Gasteiger charge is 2.47. The number of imidazole rings is 2. The molecule has 43 heavy (non-hydrogen) atoms. The largest absolute Gasteiger partial charge is 0.401 e. The first-order chi connectivity index (χ1) is 20.3. The standard InChI is InChI=1S/C29H37F3N8O3/c1-28(2,3)16-5-6-18-19(10-16)38-21(37-18)7-4-15-8-17(9-15)39(12-29(30,31)32)11-20-23(41)24(42)27(43-20)40-14-36-22-25(33)34-13-35-26(22)40/h5-6,10,13-15,17,20,23-24,27,41-42H,4,7-9,11-12H2,1-3H3,(H,37,38)(H2,33,34,35)/t15?,17?,20-,23-,24-,27-/m1/s1. The molecule has 4 aromatic rings. The quantitative estimate of drug-likeness (QED) is 0.238. The minimum atomic E-state index is -4.43. The zero-order valence-electron chi connectivity index (χ0n) is 24.3. The average Bonchev–Trinajstić information content (AvgIpc) is 3.58. The van der Waals surface area contributed by atoms with Crippen LogP contribution in [-0.4, -0.2) is 88.2 Å². The van der Waals surface area contributed by atoms with Crippen LogP contribution < -0.4 is 5.73 Å². The maximum Gasteiger partial charge on any atom is 0.401 e. The highest BCUT2D eigenvalue weighted by Crippen LogP contribution is 2.39. The summed E-state index contributed by atoms with van der Waals surface area (Å²) in [7, 11) is 0. The Morgan fingerprint density at radius 3 is 2.60 bits per heavy atom. The SMILES string of the molecule is CC(C)(C)c1ccc2[nH]c(CCC3CC(N(C[C@H]4O[C@@H](n5cnc6c(N)ncnc65)[C@H](O)[C@@H]4O)CC(F)(F)F)C3)nc2c1. The molecule has 3 aromatic heterocycles. The first kappa shape index (κ1) is 29.7. The first-order valence-electron chi connectivity index (χ1n) is 14.5. The van der Waals surface area contributed by atoms with Crippen LogP contribution in [-0.2, 0) is 16.6 Å². The van der Waals surface area contributed by atoms with Crippen molar-refractivity contribution in [1.82, 2.24) is 34.4 Å². The van der Waals surface area contributed by atoms with Crippen molar-refractivity contribution in [2.24, 2.45) is 5.92 Å². The van der Waals surface area contributed by atoms with E-state index < -0.39 is 37.3 Å². The van der Waals surface area contributed by atoms with Crippen molar-refractivity contribution in [2.75, 3.05) is 18.8 Å². The molecule has 5 N–H and O–H groups in total. The van der Waals surface area contributed by atoms with Crippen LogP contribution in [0.2, 0.25) is 0 Å². The van der Waals surface area contributed by atoms with E-state index in [0.717, 1.165) is 23.3 Å². The number of alkyl halides is 3. The maximum absolute atomic E-state index is 13.6. The molecule has 1 saturated heterocycles. The van der Waals surface area contributed by atoms with Crippen LogP contribution in [0.1, 0.15) is 57.6 Å². The molecule has 0 unspecified atom stereocenters. The molecule has 0 bridgehead atoms. The lowest BCUT2D eigenvalue weighted by molar-refractivity contribution is -0.163. The molecule has 4 atom stereocenters. The Morgan fingerprint density at radius 1 is 1.12 bits per heavy atom. The number of aromatic amines is 1. The number of aliphatic hydroxyl groups excluding tert-OH is 2. The van der Waals surface area contributed by atoms with Crippen LogP contribution >= 0.6 is 0 Å². The summed E-state index contributed by atoms with van der Waals surface area (Å²) >= 11 is 0. The number of anilines is 1. The molecular weight excluding hydrogens is 565 g/mol. The fourth-order valence-electron chi connectivity index (χ4n) is 6.19. The molecule has 6 rings (SSSR count). The van der Waals surface area contributed by atoms with Crippen LogP contribution in [0.3, 0.4) is 0 Å². The van der Waals surface area contributed by atoms with E-state index in [4.69, 9.17) is 15.5 Å². The number of nitrogens with one attached hydrogen (secondary N) is 1. The average molecular weight is 603 g/mol. The molecule has 0 radical (unpaired) electrons. The number of nitrogens with zero attached hydrogens (tertiary/aromatic N) is 6. The Kier molecular flexibility index (Phi) is 7.60. The summed E-state index contributed by atoms with van der Waals surface area (Å²) in [6.07, 6.45) is -4.06. The molecule has 1 aromatic carbocycles. The van der Waals surface area contributed by atoms with Gasteiger partial charge in [0.05, 0.1) is 23.9 Å². The third kappa shape index (κ3) is 6.06. The molecule has 2 fully saturated rings. The van der Waals surface area contributed by atoms with Crippen molar-refractivity contribution in [3.8, 4) is 0 Å². The third-order valence-electron chi connectivity index (χ3n) is 8.71. The van der Waals surface area contributed by atoms with Gasteiger partial charge in [-0.1, -0.05) is 26.8 Å². The van der Waals surface area contributed by atoms with E-state index in [1.165, 1.54) is 27.7 Å². The van der Waals surface area contributed by atoms with Gasteiger partial charge in [-0.05, 0) is 48.3 Å². The number of rotatable bonds is 8. The summed E-state index contributed by atoms with van der Waals surface area (Å²) in [5.41, 5.74) is 9.55. The summed E-state index contributed by atoms with van der Waals surface area (Å²) in [4.78, 5) is 21.6. The Bertz CT molecular complexity index is 1590. The van der Waals surface area contributed by atoms with Crippen molar-refractivity contribution >= 4 is 28.0 Å². The van der Waals surface area contributed by atoms with Crippen LogP contribution in [0.4, 0.5) is 19.0 Å². The predicted octanol–water partition coefficient (Wildman–Crippen LogP) is 3.48. The number of nitrogens with two attached hydrogens (primary N) is 1. The van der Waals surface area contributed by atoms with Crippen molar-refractivity contribution < 1.29 is 28.1 Å². The number of halogens is 3. The number of benzene rings is 1.